The molecule has 2 N–H and O–H groups in total. The summed E-state index contributed by atoms with van der Waals surface area (Å²) in [5.41, 5.74) is 1.43. The van der Waals surface area contributed by atoms with Gasteiger partial charge in [0, 0.05) is 24.3 Å². The topological polar surface area (TPSA) is 62.8 Å². The van der Waals surface area contributed by atoms with Crippen molar-refractivity contribution in [3.8, 4) is 11.5 Å². The normalized spacial score (nSPS) is 13.6. The molecule has 2 aromatic carbocycles. The van der Waals surface area contributed by atoms with E-state index in [1.54, 1.807) is 30.3 Å². The summed E-state index contributed by atoms with van der Waals surface area (Å²) in [5.74, 6) is 0.239. The molecule has 6 nitrogen and oxygen atoms in total. The summed E-state index contributed by atoms with van der Waals surface area (Å²) >= 11 is 5.19. The molecule has 1 fully saturated rings. The van der Waals surface area contributed by atoms with Crippen LogP contribution in [0.25, 0.3) is 0 Å². The van der Waals surface area contributed by atoms with Crippen LogP contribution in [0.1, 0.15) is 29.6 Å². The highest BCUT2D eigenvalue weighted by atomic mass is 32.1. The molecule has 1 aliphatic rings. The summed E-state index contributed by atoms with van der Waals surface area (Å²) in [6.07, 6.45) is 3.34. The van der Waals surface area contributed by atoms with Crippen LogP contribution in [-0.4, -0.2) is 38.3 Å². The van der Waals surface area contributed by atoms with Crippen LogP contribution in [-0.2, 0) is 0 Å². The summed E-state index contributed by atoms with van der Waals surface area (Å²) in [4.78, 5) is 14.5. The minimum Gasteiger partial charge on any atom is -0.493 e. The molecule has 0 unspecified atom stereocenters. The molecule has 1 heterocycles. The molecule has 2 aromatic rings. The lowest BCUT2D eigenvalue weighted by Gasteiger charge is -2.29. The van der Waals surface area contributed by atoms with Gasteiger partial charge in [-0.3, -0.25) is 10.1 Å². The van der Waals surface area contributed by atoms with E-state index < -0.39 is 5.91 Å². The van der Waals surface area contributed by atoms with Gasteiger partial charge in [0.05, 0.1) is 19.9 Å². The van der Waals surface area contributed by atoms with Crippen LogP contribution in [0.15, 0.2) is 36.4 Å². The summed E-state index contributed by atoms with van der Waals surface area (Å²) in [6.45, 7) is 1.73. The lowest BCUT2D eigenvalue weighted by atomic mass is 10.1. The number of nitrogens with one attached hydrogen (secondary N) is 2. The first-order valence-corrected chi connectivity index (χ1v) is 9.81. The summed E-state index contributed by atoms with van der Waals surface area (Å²) in [6, 6.07) is 9.68. The van der Waals surface area contributed by atoms with Gasteiger partial charge >= 0.3 is 0 Å². The molecule has 0 radical (unpaired) electrons. The highest BCUT2D eigenvalue weighted by molar-refractivity contribution is 7.80. The second-order valence-electron chi connectivity index (χ2n) is 6.69. The van der Waals surface area contributed by atoms with Crippen molar-refractivity contribution in [3.63, 3.8) is 0 Å². The largest absolute Gasteiger partial charge is 0.493 e. The van der Waals surface area contributed by atoms with Gasteiger partial charge in [-0.25, -0.2) is 4.39 Å². The first-order chi connectivity index (χ1) is 14.0. The van der Waals surface area contributed by atoms with E-state index in [9.17, 15) is 9.18 Å². The number of hydrogen-bond donors (Lipinski definition) is 2. The number of piperidine rings is 1. The van der Waals surface area contributed by atoms with Crippen LogP contribution < -0.4 is 25.0 Å². The molecule has 1 saturated heterocycles. The van der Waals surface area contributed by atoms with Gasteiger partial charge in [-0.15, -0.1) is 0 Å². The van der Waals surface area contributed by atoms with E-state index in [2.05, 4.69) is 15.5 Å². The van der Waals surface area contributed by atoms with Gasteiger partial charge in [0.1, 0.15) is 5.82 Å². The average molecular weight is 418 g/mol. The van der Waals surface area contributed by atoms with E-state index >= 15 is 0 Å². The molecule has 0 saturated carbocycles. The summed E-state index contributed by atoms with van der Waals surface area (Å²) in [7, 11) is 3.01. The monoisotopic (exact) mass is 417 g/mol. The standard InChI is InChI=1S/C21H24FN3O3S/c1-27-18-9-6-14(12-19(18)28-2)20(26)24-21(29)23-15-7-8-17(16(22)13-15)25-10-4-3-5-11-25/h6-9,12-13H,3-5,10-11H2,1-2H3,(H2,23,24,26,29). The van der Waals surface area contributed by atoms with E-state index in [4.69, 9.17) is 21.7 Å². The van der Waals surface area contributed by atoms with Crippen molar-refractivity contribution in [1.82, 2.24) is 5.32 Å². The van der Waals surface area contributed by atoms with Crippen LogP contribution >= 0.6 is 12.2 Å². The number of ether oxygens (including phenoxy) is 2. The zero-order valence-electron chi connectivity index (χ0n) is 16.5. The number of carbonyl (C=O) groups is 1. The third-order valence-corrected chi connectivity index (χ3v) is 4.98. The number of benzene rings is 2. The maximum absolute atomic E-state index is 14.5. The second-order valence-corrected chi connectivity index (χ2v) is 7.10. The Hall–Kier alpha value is -2.87. The fourth-order valence-corrected chi connectivity index (χ4v) is 3.50. The van der Waals surface area contributed by atoms with Crippen molar-refractivity contribution in [3.05, 3.63) is 47.8 Å². The van der Waals surface area contributed by atoms with Crippen LogP contribution in [0.3, 0.4) is 0 Å². The second kappa shape index (κ2) is 9.56. The Morgan fingerprint density at radius 3 is 2.41 bits per heavy atom. The van der Waals surface area contributed by atoms with Gasteiger partial charge in [0.2, 0.25) is 0 Å². The van der Waals surface area contributed by atoms with Gasteiger partial charge < -0.3 is 19.7 Å². The Bertz CT molecular complexity index is 901. The van der Waals surface area contributed by atoms with Crippen LogP contribution in [0.4, 0.5) is 15.8 Å². The predicted molar refractivity (Wildman–Crippen MR) is 116 cm³/mol. The summed E-state index contributed by atoms with van der Waals surface area (Å²) in [5, 5.41) is 5.51. The molecule has 3 rings (SSSR count). The number of nitrogens with zero attached hydrogens (tertiary/aromatic N) is 1. The predicted octanol–water partition coefficient (Wildman–Crippen LogP) is 3.96. The van der Waals surface area contributed by atoms with Gasteiger partial charge in [-0.05, 0) is 67.9 Å². The molecular weight excluding hydrogens is 393 g/mol. The molecule has 0 bridgehead atoms. The van der Waals surface area contributed by atoms with Crippen LogP contribution in [0, 0.1) is 5.82 Å². The lowest BCUT2D eigenvalue weighted by molar-refractivity contribution is 0.0977. The van der Waals surface area contributed by atoms with E-state index in [0.717, 1.165) is 25.9 Å². The van der Waals surface area contributed by atoms with Crippen molar-refractivity contribution in [2.45, 2.75) is 19.3 Å². The number of halogens is 1. The quantitative estimate of drug-likeness (QED) is 0.718. The molecule has 29 heavy (non-hydrogen) atoms. The first-order valence-electron chi connectivity index (χ1n) is 9.40. The van der Waals surface area contributed by atoms with Gasteiger partial charge in [0.25, 0.3) is 5.91 Å². The molecule has 8 heteroatoms. The third kappa shape index (κ3) is 5.14. The van der Waals surface area contributed by atoms with Crippen LogP contribution in [0.2, 0.25) is 0 Å². The number of carbonyl (C=O) groups excluding carboxylic acids is 1. The number of hydrogen-bond acceptors (Lipinski definition) is 5. The van der Waals surface area contributed by atoms with Crippen LogP contribution in [0.5, 0.6) is 11.5 Å². The third-order valence-electron chi connectivity index (χ3n) is 4.78. The van der Waals surface area contributed by atoms with Crippen molar-refractivity contribution in [2.75, 3.05) is 37.5 Å². The van der Waals surface area contributed by atoms with E-state index in [-0.39, 0.29) is 10.9 Å². The summed E-state index contributed by atoms with van der Waals surface area (Å²) < 4.78 is 24.9. The Balaban J connectivity index is 1.63. The molecule has 1 amide bonds. The zero-order valence-corrected chi connectivity index (χ0v) is 17.3. The average Bonchev–Trinajstić information content (AvgIpc) is 2.73. The molecule has 1 aliphatic heterocycles. The number of amides is 1. The van der Waals surface area contributed by atoms with Crippen molar-refractivity contribution in [2.24, 2.45) is 0 Å². The maximum atomic E-state index is 14.5. The Labute approximate surface area is 175 Å². The molecule has 0 aromatic heterocycles. The number of rotatable bonds is 5. The minimum atomic E-state index is -0.408. The number of methoxy groups -OCH3 is 2. The number of anilines is 2. The van der Waals surface area contributed by atoms with E-state index in [0.29, 0.717) is 28.4 Å². The Kier molecular flexibility index (Phi) is 6.87. The van der Waals surface area contributed by atoms with Gasteiger partial charge in [-0.1, -0.05) is 0 Å². The molecule has 154 valence electrons. The molecule has 0 aliphatic carbocycles. The molecule has 0 atom stereocenters. The Morgan fingerprint density at radius 1 is 1.03 bits per heavy atom. The SMILES string of the molecule is COc1ccc(C(=O)NC(=S)Nc2ccc(N3CCCCC3)c(F)c2)cc1OC. The number of thiocarbonyl (C=S) groups is 1. The molecule has 0 spiro atoms. The lowest BCUT2D eigenvalue weighted by Crippen LogP contribution is -2.34. The highest BCUT2D eigenvalue weighted by Gasteiger charge is 2.16. The zero-order chi connectivity index (χ0) is 20.8. The van der Waals surface area contributed by atoms with Gasteiger partial charge in [0.15, 0.2) is 16.6 Å². The van der Waals surface area contributed by atoms with E-state index in [1.807, 2.05) is 0 Å². The molecular formula is C21H24FN3O3S. The fraction of sp³-hybridized carbons (Fsp3) is 0.333. The first kappa shape index (κ1) is 20.9. The van der Waals surface area contributed by atoms with E-state index in [1.165, 1.54) is 26.7 Å². The maximum Gasteiger partial charge on any atom is 0.257 e. The van der Waals surface area contributed by atoms with Crippen molar-refractivity contribution in [1.29, 1.82) is 0 Å². The Morgan fingerprint density at radius 2 is 1.76 bits per heavy atom. The minimum absolute atomic E-state index is 0.0786. The fourth-order valence-electron chi connectivity index (χ4n) is 3.29. The van der Waals surface area contributed by atoms with Gasteiger partial charge in [-0.2, -0.15) is 0 Å². The smallest absolute Gasteiger partial charge is 0.257 e. The van der Waals surface area contributed by atoms with Crippen molar-refractivity contribution >= 4 is 34.6 Å². The van der Waals surface area contributed by atoms with Crippen molar-refractivity contribution < 1.29 is 18.7 Å². The highest BCUT2D eigenvalue weighted by Crippen LogP contribution is 2.28.